The van der Waals surface area contributed by atoms with Gasteiger partial charge in [-0.2, -0.15) is 4.31 Å². The summed E-state index contributed by atoms with van der Waals surface area (Å²) in [6, 6.07) is 19.1. The summed E-state index contributed by atoms with van der Waals surface area (Å²) in [6.07, 6.45) is 1.65. The Kier molecular flexibility index (Phi) is 8.18. The van der Waals surface area contributed by atoms with Crippen LogP contribution in [-0.2, 0) is 21.1 Å². The van der Waals surface area contributed by atoms with Crippen LogP contribution in [0.1, 0.15) is 50.3 Å². The standard InChI is InChI=1S/C30H30Cl3N3O4S/c1-4-40-26-19-24(41(38,39)35-17-5-6-18-35)15-16-25(26)27-34-29(2,20-7-11-22(31)12-8-20)30(3,36(27)28(33)37)21-9-13-23(32)14-10-21/h7-16,19H,4-6,17-18H2,1-3H3/t29-,30+/m0/s1. The monoisotopic (exact) mass is 633 g/mol. The molecular weight excluding hydrogens is 605 g/mol. The lowest BCUT2D eigenvalue weighted by Crippen LogP contribution is -2.53. The molecule has 1 fully saturated rings. The summed E-state index contributed by atoms with van der Waals surface area (Å²) >= 11 is 18.8. The molecular formula is C30H30Cl3N3O4S. The van der Waals surface area contributed by atoms with Gasteiger partial charge in [-0.1, -0.05) is 47.5 Å². The number of benzene rings is 3. The van der Waals surface area contributed by atoms with E-state index in [0.717, 1.165) is 24.0 Å². The van der Waals surface area contributed by atoms with E-state index in [2.05, 4.69) is 0 Å². The molecule has 0 spiro atoms. The second kappa shape index (κ2) is 11.2. The molecule has 0 unspecified atom stereocenters. The average molecular weight is 635 g/mol. The Balaban J connectivity index is 1.74. The van der Waals surface area contributed by atoms with Gasteiger partial charge in [0, 0.05) is 29.2 Å². The number of hydrogen-bond acceptors (Lipinski definition) is 5. The van der Waals surface area contributed by atoms with E-state index in [4.69, 9.17) is 44.5 Å². The summed E-state index contributed by atoms with van der Waals surface area (Å²) in [4.78, 5) is 20.1. The van der Waals surface area contributed by atoms with Gasteiger partial charge in [-0.3, -0.25) is 14.7 Å². The Bertz CT molecular complexity index is 1610. The van der Waals surface area contributed by atoms with Crippen LogP contribution in [0.2, 0.25) is 10.0 Å². The minimum absolute atomic E-state index is 0.120. The zero-order chi connectivity index (χ0) is 29.6. The fourth-order valence-electron chi connectivity index (χ4n) is 5.74. The van der Waals surface area contributed by atoms with Crippen molar-refractivity contribution >= 4 is 56.0 Å². The molecule has 1 amide bonds. The normalized spacial score (nSPS) is 23.1. The van der Waals surface area contributed by atoms with E-state index in [1.165, 1.54) is 21.3 Å². The maximum absolute atomic E-state index is 13.4. The van der Waals surface area contributed by atoms with Gasteiger partial charge in [0.05, 0.1) is 17.1 Å². The van der Waals surface area contributed by atoms with Crippen LogP contribution in [0.3, 0.4) is 0 Å². The van der Waals surface area contributed by atoms with Gasteiger partial charge in [0.25, 0.3) is 0 Å². The highest BCUT2D eigenvalue weighted by Gasteiger charge is 2.59. The number of aliphatic imine (C=N–C) groups is 1. The van der Waals surface area contributed by atoms with Gasteiger partial charge in [-0.15, -0.1) is 0 Å². The number of hydrogen-bond donors (Lipinski definition) is 0. The van der Waals surface area contributed by atoms with E-state index in [-0.39, 0.29) is 23.1 Å². The number of nitrogens with zero attached hydrogens (tertiary/aromatic N) is 3. The lowest BCUT2D eigenvalue weighted by molar-refractivity contribution is 0.149. The molecule has 5 rings (SSSR count). The Morgan fingerprint density at radius 1 is 0.927 bits per heavy atom. The number of amides is 1. The largest absolute Gasteiger partial charge is 0.493 e. The van der Waals surface area contributed by atoms with Crippen LogP contribution >= 0.6 is 34.8 Å². The highest BCUT2D eigenvalue weighted by Crippen LogP contribution is 2.54. The fraction of sp³-hybridized carbons (Fsp3) is 0.333. The molecule has 0 saturated carbocycles. The predicted octanol–water partition coefficient (Wildman–Crippen LogP) is 7.43. The third-order valence-electron chi connectivity index (χ3n) is 8.12. The first kappa shape index (κ1) is 29.9. The molecule has 0 aliphatic carbocycles. The van der Waals surface area contributed by atoms with Crippen LogP contribution in [0, 0.1) is 0 Å². The van der Waals surface area contributed by atoms with Gasteiger partial charge in [0.2, 0.25) is 10.0 Å². The number of carbonyl (C=O) groups is 1. The molecule has 0 aromatic heterocycles. The van der Waals surface area contributed by atoms with Crippen molar-refractivity contribution < 1.29 is 17.9 Å². The number of amidine groups is 1. The third kappa shape index (κ3) is 5.04. The topological polar surface area (TPSA) is 79.3 Å². The average Bonchev–Trinajstić information content (AvgIpc) is 3.57. The van der Waals surface area contributed by atoms with E-state index in [1.807, 2.05) is 45.0 Å². The predicted molar refractivity (Wildman–Crippen MR) is 163 cm³/mol. The maximum atomic E-state index is 13.4. The van der Waals surface area contributed by atoms with E-state index in [0.29, 0.717) is 28.7 Å². The molecule has 0 bridgehead atoms. The summed E-state index contributed by atoms with van der Waals surface area (Å²) in [6.45, 7) is 6.86. The molecule has 11 heteroatoms. The number of sulfonamides is 1. The first-order valence-corrected chi connectivity index (χ1v) is 15.9. The zero-order valence-electron chi connectivity index (χ0n) is 22.9. The van der Waals surface area contributed by atoms with Crippen molar-refractivity contribution in [3.63, 3.8) is 0 Å². The molecule has 7 nitrogen and oxygen atoms in total. The summed E-state index contributed by atoms with van der Waals surface area (Å²) in [5, 5.41) is 0.350. The second-order valence-corrected chi connectivity index (χ2v) is 13.5. The molecule has 0 N–H and O–H groups in total. The first-order chi connectivity index (χ1) is 19.4. The van der Waals surface area contributed by atoms with Crippen LogP contribution in [0.15, 0.2) is 76.6 Å². The van der Waals surface area contributed by atoms with Crippen LogP contribution in [0.25, 0.3) is 0 Å². The van der Waals surface area contributed by atoms with Gasteiger partial charge in [-0.05, 0) is 92.7 Å². The summed E-state index contributed by atoms with van der Waals surface area (Å²) in [7, 11) is -3.71. The molecule has 1 saturated heterocycles. The van der Waals surface area contributed by atoms with Crippen LogP contribution in [0.5, 0.6) is 5.75 Å². The Morgan fingerprint density at radius 3 is 2.02 bits per heavy atom. The van der Waals surface area contributed by atoms with Crippen molar-refractivity contribution in [2.45, 2.75) is 49.6 Å². The molecule has 41 heavy (non-hydrogen) atoms. The van der Waals surface area contributed by atoms with Crippen LogP contribution in [-0.4, -0.2) is 48.5 Å². The molecule has 2 heterocycles. The van der Waals surface area contributed by atoms with Crippen molar-refractivity contribution in [3.8, 4) is 5.75 Å². The van der Waals surface area contributed by atoms with E-state index in [1.54, 1.807) is 30.3 Å². The summed E-state index contributed by atoms with van der Waals surface area (Å²) < 4.78 is 34.2. The highest BCUT2D eigenvalue weighted by molar-refractivity contribution is 7.89. The molecule has 2 atom stereocenters. The number of carbonyl (C=O) groups excluding carboxylic acids is 1. The smallest absolute Gasteiger partial charge is 0.322 e. The molecule has 3 aromatic carbocycles. The van der Waals surface area contributed by atoms with Crippen LogP contribution in [0.4, 0.5) is 4.79 Å². The minimum Gasteiger partial charge on any atom is -0.493 e. The molecule has 0 radical (unpaired) electrons. The van der Waals surface area contributed by atoms with Gasteiger partial charge < -0.3 is 4.74 Å². The molecule has 3 aromatic rings. The van der Waals surface area contributed by atoms with E-state index < -0.39 is 26.5 Å². The van der Waals surface area contributed by atoms with Gasteiger partial charge in [-0.25, -0.2) is 8.42 Å². The number of ether oxygens (including phenoxy) is 1. The minimum atomic E-state index is -3.71. The van der Waals surface area contributed by atoms with Crippen molar-refractivity contribution in [2.24, 2.45) is 4.99 Å². The second-order valence-electron chi connectivity index (χ2n) is 10.4. The Hall–Kier alpha value is -2.62. The first-order valence-electron chi connectivity index (χ1n) is 13.3. The lowest BCUT2D eigenvalue weighted by atomic mass is 9.71. The molecule has 2 aliphatic rings. The lowest BCUT2D eigenvalue weighted by Gasteiger charge is -2.44. The van der Waals surface area contributed by atoms with Crippen molar-refractivity contribution in [1.29, 1.82) is 0 Å². The van der Waals surface area contributed by atoms with Gasteiger partial charge in [0.1, 0.15) is 22.7 Å². The SMILES string of the molecule is CCOc1cc(S(=O)(=O)N2CCCC2)ccc1C1=N[C@@](C)(c2ccc(Cl)cc2)[C@@](C)(c2ccc(Cl)cc2)N1C(=O)Cl. The highest BCUT2D eigenvalue weighted by atomic mass is 35.5. The zero-order valence-corrected chi connectivity index (χ0v) is 26.0. The van der Waals surface area contributed by atoms with E-state index in [9.17, 15) is 13.2 Å². The van der Waals surface area contributed by atoms with Gasteiger partial charge in [0.15, 0.2) is 0 Å². The Labute approximate surface area is 255 Å². The van der Waals surface area contributed by atoms with E-state index >= 15 is 0 Å². The third-order valence-corrected chi connectivity index (χ3v) is 10.7. The summed E-state index contributed by atoms with van der Waals surface area (Å²) in [5.74, 6) is 0.543. The molecule has 216 valence electrons. The van der Waals surface area contributed by atoms with Crippen LogP contribution < -0.4 is 4.74 Å². The van der Waals surface area contributed by atoms with Crippen molar-refractivity contribution in [3.05, 3.63) is 93.5 Å². The number of rotatable bonds is 7. The quantitative estimate of drug-likeness (QED) is 0.200. The van der Waals surface area contributed by atoms with Crippen molar-refractivity contribution in [2.75, 3.05) is 19.7 Å². The Morgan fingerprint density at radius 2 is 1.49 bits per heavy atom. The number of halogens is 3. The molecule has 2 aliphatic heterocycles. The summed E-state index contributed by atoms with van der Waals surface area (Å²) in [5.41, 5.74) is -0.181. The fourth-order valence-corrected chi connectivity index (χ4v) is 7.78. The maximum Gasteiger partial charge on any atom is 0.322 e. The van der Waals surface area contributed by atoms with Crippen molar-refractivity contribution in [1.82, 2.24) is 9.21 Å². The van der Waals surface area contributed by atoms with Gasteiger partial charge >= 0.3 is 5.37 Å².